The van der Waals surface area contributed by atoms with Gasteiger partial charge in [-0.15, -0.1) is 0 Å². The summed E-state index contributed by atoms with van der Waals surface area (Å²) in [6.07, 6.45) is 4.62. The molecule has 3 rings (SSSR count). The quantitative estimate of drug-likeness (QED) is 0.698. The van der Waals surface area contributed by atoms with Crippen molar-refractivity contribution in [2.45, 2.75) is 25.4 Å². The van der Waals surface area contributed by atoms with Crippen molar-refractivity contribution in [2.75, 3.05) is 51.8 Å². The number of pyridine rings is 1. The zero-order valence-corrected chi connectivity index (χ0v) is 16.6. The highest BCUT2D eigenvalue weighted by molar-refractivity contribution is 5.38. The molecule has 2 heterocycles. The summed E-state index contributed by atoms with van der Waals surface area (Å²) in [5, 5.41) is 3.75. The first-order chi connectivity index (χ1) is 13.3. The maximum atomic E-state index is 5.14. The van der Waals surface area contributed by atoms with Gasteiger partial charge in [0.25, 0.3) is 0 Å². The molecule has 1 atom stereocenters. The van der Waals surface area contributed by atoms with Crippen molar-refractivity contribution in [2.24, 2.45) is 0 Å². The van der Waals surface area contributed by atoms with Crippen LogP contribution in [-0.2, 0) is 11.3 Å². The summed E-state index contributed by atoms with van der Waals surface area (Å²) in [4.78, 5) is 9.28. The number of likely N-dealkylation sites (N-methyl/N-ethyl adjacent to an activating group) is 1. The van der Waals surface area contributed by atoms with E-state index in [4.69, 9.17) is 4.74 Å². The summed E-state index contributed by atoms with van der Waals surface area (Å²) in [6, 6.07) is 15.4. The number of rotatable bonds is 10. The number of ether oxygens (including phenoxy) is 1. The average molecular weight is 369 g/mol. The van der Waals surface area contributed by atoms with Crippen molar-refractivity contribution >= 4 is 5.82 Å². The highest BCUT2D eigenvalue weighted by Gasteiger charge is 2.18. The van der Waals surface area contributed by atoms with Gasteiger partial charge in [-0.1, -0.05) is 36.4 Å². The molecular formula is C22H32N4O. The van der Waals surface area contributed by atoms with E-state index in [2.05, 4.69) is 62.6 Å². The fourth-order valence-electron chi connectivity index (χ4n) is 3.53. The molecule has 5 nitrogen and oxygen atoms in total. The molecule has 146 valence electrons. The van der Waals surface area contributed by atoms with Gasteiger partial charge in [0.2, 0.25) is 0 Å². The van der Waals surface area contributed by atoms with E-state index in [0.29, 0.717) is 12.6 Å². The number of methoxy groups -OCH3 is 1. The highest BCUT2D eigenvalue weighted by atomic mass is 16.5. The Kier molecular flexibility index (Phi) is 7.63. The number of likely N-dealkylation sites (tertiary alicyclic amines) is 1. The molecule has 1 aliphatic rings. The van der Waals surface area contributed by atoms with Crippen molar-refractivity contribution in [3.05, 3.63) is 59.8 Å². The van der Waals surface area contributed by atoms with Crippen LogP contribution in [0.2, 0.25) is 0 Å². The van der Waals surface area contributed by atoms with Crippen LogP contribution in [0.15, 0.2) is 48.7 Å². The van der Waals surface area contributed by atoms with Crippen molar-refractivity contribution in [3.8, 4) is 0 Å². The van der Waals surface area contributed by atoms with Gasteiger partial charge >= 0.3 is 0 Å². The van der Waals surface area contributed by atoms with Gasteiger partial charge in [-0.25, -0.2) is 4.98 Å². The molecule has 0 amide bonds. The first kappa shape index (κ1) is 19.8. The molecule has 0 unspecified atom stereocenters. The predicted octanol–water partition coefficient (Wildman–Crippen LogP) is 3.09. The zero-order chi connectivity index (χ0) is 18.9. The second-order valence-corrected chi connectivity index (χ2v) is 7.29. The fraction of sp³-hybridized carbons (Fsp3) is 0.500. The SMILES string of the molecule is COCCN(C)c1ccc(CN[C@H](CN2CCCC2)c2ccccc2)cn1. The summed E-state index contributed by atoms with van der Waals surface area (Å²) < 4.78 is 5.14. The minimum atomic E-state index is 0.341. The van der Waals surface area contributed by atoms with Crippen LogP contribution in [0.5, 0.6) is 0 Å². The normalized spacial score (nSPS) is 15.8. The third-order valence-corrected chi connectivity index (χ3v) is 5.23. The third kappa shape index (κ3) is 6.03. The van der Waals surface area contributed by atoms with Gasteiger partial charge in [-0.3, -0.25) is 0 Å². The molecule has 0 bridgehead atoms. The Morgan fingerprint density at radius 1 is 1.15 bits per heavy atom. The van der Waals surface area contributed by atoms with E-state index in [-0.39, 0.29) is 0 Å². The zero-order valence-electron chi connectivity index (χ0n) is 16.6. The molecule has 0 saturated carbocycles. The van der Waals surface area contributed by atoms with Crippen molar-refractivity contribution in [1.29, 1.82) is 0 Å². The van der Waals surface area contributed by atoms with Gasteiger partial charge in [0, 0.05) is 46.0 Å². The Morgan fingerprint density at radius 3 is 2.59 bits per heavy atom. The first-order valence-corrected chi connectivity index (χ1v) is 9.92. The van der Waals surface area contributed by atoms with Crippen LogP contribution in [0.25, 0.3) is 0 Å². The Morgan fingerprint density at radius 2 is 1.93 bits per heavy atom. The van der Waals surface area contributed by atoms with E-state index in [9.17, 15) is 0 Å². The standard InChI is InChI=1S/C22H32N4O/c1-25(14-15-27-2)22-11-10-19(17-24-22)16-23-21(18-26-12-6-7-13-26)20-8-4-3-5-9-20/h3-5,8-11,17,21,23H,6-7,12-16,18H2,1-2H3/t21-/m1/s1. The highest BCUT2D eigenvalue weighted by Crippen LogP contribution is 2.18. The molecular weight excluding hydrogens is 336 g/mol. The van der Waals surface area contributed by atoms with Gasteiger partial charge in [-0.2, -0.15) is 0 Å². The Balaban J connectivity index is 1.59. The number of anilines is 1. The number of aromatic nitrogens is 1. The van der Waals surface area contributed by atoms with Crippen LogP contribution in [0.3, 0.4) is 0 Å². The molecule has 1 aromatic heterocycles. The summed E-state index contributed by atoms with van der Waals surface area (Å²) in [6.45, 7) is 5.87. The maximum Gasteiger partial charge on any atom is 0.128 e. The number of hydrogen-bond acceptors (Lipinski definition) is 5. The Labute approximate surface area is 163 Å². The molecule has 0 radical (unpaired) electrons. The van der Waals surface area contributed by atoms with Gasteiger partial charge in [0.05, 0.1) is 6.61 Å². The molecule has 5 heteroatoms. The predicted molar refractivity (Wildman–Crippen MR) is 111 cm³/mol. The monoisotopic (exact) mass is 368 g/mol. The lowest BCUT2D eigenvalue weighted by molar-refractivity contribution is 0.206. The summed E-state index contributed by atoms with van der Waals surface area (Å²) in [5.74, 6) is 0.979. The summed E-state index contributed by atoms with van der Waals surface area (Å²) in [5.41, 5.74) is 2.56. The summed E-state index contributed by atoms with van der Waals surface area (Å²) >= 11 is 0. The van der Waals surface area contributed by atoms with E-state index in [1.807, 2.05) is 13.2 Å². The molecule has 1 aromatic carbocycles. The van der Waals surface area contributed by atoms with Crippen LogP contribution in [0.4, 0.5) is 5.82 Å². The molecule has 2 aromatic rings. The van der Waals surface area contributed by atoms with E-state index in [1.165, 1.54) is 37.1 Å². The second kappa shape index (κ2) is 10.4. The Hall–Kier alpha value is -1.95. The lowest BCUT2D eigenvalue weighted by Crippen LogP contribution is -2.33. The first-order valence-electron chi connectivity index (χ1n) is 9.92. The minimum Gasteiger partial charge on any atom is -0.383 e. The number of benzene rings is 1. The van der Waals surface area contributed by atoms with E-state index in [0.717, 1.165) is 25.5 Å². The minimum absolute atomic E-state index is 0.341. The van der Waals surface area contributed by atoms with Crippen molar-refractivity contribution in [1.82, 2.24) is 15.2 Å². The van der Waals surface area contributed by atoms with Crippen LogP contribution in [0.1, 0.15) is 30.0 Å². The second-order valence-electron chi connectivity index (χ2n) is 7.29. The van der Waals surface area contributed by atoms with Crippen LogP contribution in [0, 0.1) is 0 Å². The summed E-state index contributed by atoms with van der Waals surface area (Å²) in [7, 11) is 3.77. The third-order valence-electron chi connectivity index (χ3n) is 5.23. The fourth-order valence-corrected chi connectivity index (χ4v) is 3.53. The van der Waals surface area contributed by atoms with Crippen LogP contribution < -0.4 is 10.2 Å². The van der Waals surface area contributed by atoms with Gasteiger partial charge < -0.3 is 19.9 Å². The molecule has 1 aliphatic heterocycles. The molecule has 0 spiro atoms. The maximum absolute atomic E-state index is 5.14. The van der Waals surface area contributed by atoms with E-state index in [1.54, 1.807) is 7.11 Å². The van der Waals surface area contributed by atoms with Crippen molar-refractivity contribution < 1.29 is 4.74 Å². The Bertz CT molecular complexity index is 656. The molecule has 27 heavy (non-hydrogen) atoms. The molecule has 1 N–H and O–H groups in total. The van der Waals surface area contributed by atoms with Crippen molar-refractivity contribution in [3.63, 3.8) is 0 Å². The molecule has 1 saturated heterocycles. The molecule has 0 aliphatic carbocycles. The lowest BCUT2D eigenvalue weighted by Gasteiger charge is -2.25. The van der Waals surface area contributed by atoms with E-state index < -0.39 is 0 Å². The van der Waals surface area contributed by atoms with Crippen LogP contribution >= 0.6 is 0 Å². The average Bonchev–Trinajstić information content (AvgIpc) is 3.23. The number of nitrogens with one attached hydrogen (secondary N) is 1. The molecule has 1 fully saturated rings. The van der Waals surface area contributed by atoms with Gasteiger partial charge in [0.1, 0.15) is 5.82 Å². The van der Waals surface area contributed by atoms with E-state index >= 15 is 0 Å². The topological polar surface area (TPSA) is 40.6 Å². The van der Waals surface area contributed by atoms with Gasteiger partial charge in [0.15, 0.2) is 0 Å². The number of hydrogen-bond donors (Lipinski definition) is 1. The smallest absolute Gasteiger partial charge is 0.128 e. The largest absolute Gasteiger partial charge is 0.383 e. The van der Waals surface area contributed by atoms with Gasteiger partial charge in [-0.05, 0) is 43.1 Å². The number of nitrogens with zero attached hydrogens (tertiary/aromatic N) is 3. The lowest BCUT2D eigenvalue weighted by atomic mass is 10.1. The van der Waals surface area contributed by atoms with Crippen LogP contribution in [-0.4, -0.2) is 56.8 Å².